The largest absolute Gasteiger partial charge is 0.416 e. The average molecular weight is 560 g/mol. The topological polar surface area (TPSA) is 110 Å². The maximum atomic E-state index is 14.0. The van der Waals surface area contributed by atoms with Gasteiger partial charge >= 0.3 is 12.2 Å². The van der Waals surface area contributed by atoms with E-state index in [1.807, 2.05) is 13.0 Å². The van der Waals surface area contributed by atoms with Gasteiger partial charge in [0.1, 0.15) is 17.7 Å². The maximum Gasteiger partial charge on any atom is 0.416 e. The lowest BCUT2D eigenvalue weighted by Gasteiger charge is -2.19. The monoisotopic (exact) mass is 559 g/mol. The van der Waals surface area contributed by atoms with Crippen LogP contribution in [0.25, 0.3) is 16.6 Å². The second-order valence-corrected chi connectivity index (χ2v) is 9.12. The first-order valence-electron chi connectivity index (χ1n) is 12.4. The lowest BCUT2D eigenvalue weighted by molar-refractivity contribution is -0.137. The van der Waals surface area contributed by atoms with Crippen LogP contribution in [-0.4, -0.2) is 52.3 Å². The number of methoxy groups -OCH3 is 1. The van der Waals surface area contributed by atoms with E-state index in [1.165, 1.54) is 6.33 Å². The Labute approximate surface area is 227 Å². The summed E-state index contributed by atoms with van der Waals surface area (Å²) in [6.45, 7) is 6.62. The number of nitrogens with one attached hydrogen (secondary N) is 2. The molecule has 4 aromatic rings. The van der Waals surface area contributed by atoms with Crippen LogP contribution in [-0.2, 0) is 17.5 Å². The number of nitrogen functional groups attached to an aromatic ring is 1. The molecule has 4 N–H and O–H groups in total. The molecule has 0 bridgehead atoms. The molecule has 2 amide bonds. The number of carbonyl (C=O) groups is 1. The molecular weight excluding hydrogens is 530 g/mol. The summed E-state index contributed by atoms with van der Waals surface area (Å²) in [6, 6.07) is 8.01. The number of hydrogen-bond acceptors (Lipinski definition) is 6. The number of alkyl halides is 3. The summed E-state index contributed by atoms with van der Waals surface area (Å²) < 4.78 is 60.0. The number of nitrogens with two attached hydrogens (primary N) is 1. The number of halogens is 4. The third-order valence-electron chi connectivity index (χ3n) is 6.42. The molecule has 13 heteroatoms. The minimum absolute atomic E-state index is 0.306. The first kappa shape index (κ1) is 28.8. The number of hydrogen-bond donors (Lipinski definition) is 3. The summed E-state index contributed by atoms with van der Waals surface area (Å²) in [7, 11) is 1.65. The van der Waals surface area contributed by atoms with E-state index >= 15 is 0 Å². The van der Waals surface area contributed by atoms with Crippen molar-refractivity contribution in [3.05, 3.63) is 71.4 Å². The molecule has 2 aromatic heterocycles. The third kappa shape index (κ3) is 6.32. The second kappa shape index (κ2) is 11.9. The van der Waals surface area contributed by atoms with Crippen LogP contribution in [0, 0.1) is 12.7 Å². The average Bonchev–Trinajstić information content (AvgIpc) is 3.26. The van der Waals surface area contributed by atoms with E-state index in [9.17, 15) is 22.4 Å². The lowest BCUT2D eigenvalue weighted by atomic mass is 10.0. The number of likely N-dealkylation sites (N-methyl/N-ethyl adjacent to an activating group) is 1. The molecule has 0 aliphatic carbocycles. The van der Waals surface area contributed by atoms with Gasteiger partial charge in [-0.05, 0) is 61.0 Å². The van der Waals surface area contributed by atoms with Crippen molar-refractivity contribution in [1.29, 1.82) is 0 Å². The number of anilines is 3. The molecule has 4 rings (SSSR count). The zero-order valence-electron chi connectivity index (χ0n) is 22.1. The Bertz CT molecular complexity index is 1520. The van der Waals surface area contributed by atoms with Crippen molar-refractivity contribution in [3.63, 3.8) is 0 Å². The van der Waals surface area contributed by atoms with Crippen molar-refractivity contribution in [3.8, 4) is 11.1 Å². The molecule has 0 radical (unpaired) electrons. The predicted octanol–water partition coefficient (Wildman–Crippen LogP) is 5.56. The van der Waals surface area contributed by atoms with Crippen LogP contribution in [0.15, 0.2) is 48.8 Å². The van der Waals surface area contributed by atoms with Crippen LogP contribution in [0.5, 0.6) is 0 Å². The molecule has 0 saturated carbocycles. The zero-order chi connectivity index (χ0) is 29.0. The van der Waals surface area contributed by atoms with Crippen LogP contribution in [0.2, 0.25) is 0 Å². The van der Waals surface area contributed by atoms with E-state index < -0.39 is 29.3 Å². The van der Waals surface area contributed by atoms with Gasteiger partial charge in [-0.3, -0.25) is 4.90 Å². The summed E-state index contributed by atoms with van der Waals surface area (Å²) in [5, 5.41) is 9.08. The van der Waals surface area contributed by atoms with Gasteiger partial charge in [-0.2, -0.15) is 18.3 Å². The smallest absolute Gasteiger partial charge is 0.383 e. The molecule has 2 heterocycles. The highest BCUT2D eigenvalue weighted by atomic mass is 19.4. The lowest BCUT2D eigenvalue weighted by Crippen LogP contribution is -2.27. The fourth-order valence-corrected chi connectivity index (χ4v) is 4.38. The van der Waals surface area contributed by atoms with Crippen LogP contribution in [0.4, 0.5) is 39.5 Å². The minimum Gasteiger partial charge on any atom is -0.383 e. The molecular formula is C27H29F4N7O2. The highest BCUT2D eigenvalue weighted by Crippen LogP contribution is 2.34. The first-order valence-corrected chi connectivity index (χ1v) is 12.4. The van der Waals surface area contributed by atoms with Crippen molar-refractivity contribution < 1.29 is 27.1 Å². The standard InChI is InChI=1S/C27H29F4N7O2/c1-4-37(9-10-40-3)14-19-13-21(24-25(32)33-15-34-38(19)24)20-7-6-18(11-16(20)2)35-26(39)36-23-12-17(27(29,30)31)5-8-22(23)28/h5-8,11-13,15H,4,9-10,14H2,1-3H3,(H2,32,33,34)(H2,35,36,39). The van der Waals surface area contributed by atoms with Gasteiger partial charge in [0.05, 0.1) is 23.6 Å². The summed E-state index contributed by atoms with van der Waals surface area (Å²) in [5.74, 6) is -0.685. The van der Waals surface area contributed by atoms with E-state index in [1.54, 1.807) is 29.8 Å². The number of rotatable bonds is 9. The molecule has 2 aromatic carbocycles. The fourth-order valence-electron chi connectivity index (χ4n) is 4.38. The number of carbonyl (C=O) groups excluding carboxylic acids is 1. The third-order valence-corrected chi connectivity index (χ3v) is 6.42. The first-order chi connectivity index (χ1) is 19.0. The van der Waals surface area contributed by atoms with Crippen molar-refractivity contribution in [1.82, 2.24) is 19.5 Å². The summed E-state index contributed by atoms with van der Waals surface area (Å²) >= 11 is 0. The van der Waals surface area contributed by atoms with Crippen molar-refractivity contribution in [2.75, 3.05) is 43.2 Å². The van der Waals surface area contributed by atoms with E-state index in [2.05, 4.69) is 32.5 Å². The molecule has 0 aliphatic heterocycles. The number of urea groups is 1. The molecule has 0 unspecified atom stereocenters. The van der Waals surface area contributed by atoms with Gasteiger partial charge in [-0.25, -0.2) is 18.7 Å². The van der Waals surface area contributed by atoms with E-state index in [4.69, 9.17) is 10.5 Å². The van der Waals surface area contributed by atoms with Gasteiger partial charge in [0.15, 0.2) is 5.82 Å². The maximum absolute atomic E-state index is 14.0. The number of amides is 2. The molecule has 9 nitrogen and oxygen atoms in total. The van der Waals surface area contributed by atoms with Crippen LogP contribution >= 0.6 is 0 Å². The minimum atomic E-state index is -4.68. The zero-order valence-corrected chi connectivity index (χ0v) is 22.1. The van der Waals surface area contributed by atoms with Gasteiger partial charge in [-0.1, -0.05) is 13.0 Å². The molecule has 40 heavy (non-hydrogen) atoms. The number of nitrogens with zero attached hydrogens (tertiary/aromatic N) is 4. The van der Waals surface area contributed by atoms with Crippen molar-refractivity contribution in [2.24, 2.45) is 0 Å². The van der Waals surface area contributed by atoms with Gasteiger partial charge in [-0.15, -0.1) is 0 Å². The van der Waals surface area contributed by atoms with E-state index in [0.29, 0.717) is 48.4 Å². The predicted molar refractivity (Wildman–Crippen MR) is 144 cm³/mol. The Balaban J connectivity index is 1.59. The quantitative estimate of drug-likeness (QED) is 0.232. The Kier molecular flexibility index (Phi) is 8.55. The molecule has 0 saturated heterocycles. The number of benzene rings is 2. The Morgan fingerprint density at radius 3 is 2.58 bits per heavy atom. The van der Waals surface area contributed by atoms with Crippen LogP contribution in [0.1, 0.15) is 23.7 Å². The molecule has 0 atom stereocenters. The second-order valence-electron chi connectivity index (χ2n) is 9.12. The van der Waals surface area contributed by atoms with Gasteiger partial charge in [0.2, 0.25) is 0 Å². The van der Waals surface area contributed by atoms with E-state index in [-0.39, 0.29) is 0 Å². The molecule has 0 fully saturated rings. The van der Waals surface area contributed by atoms with Gasteiger partial charge in [0, 0.05) is 31.5 Å². The number of aryl methyl sites for hydroxylation is 1. The number of ether oxygens (including phenoxy) is 1. The molecule has 0 spiro atoms. The number of aromatic nitrogens is 3. The highest BCUT2D eigenvalue weighted by Gasteiger charge is 2.31. The number of fused-ring (bicyclic) bond motifs is 1. The normalized spacial score (nSPS) is 11.8. The summed E-state index contributed by atoms with van der Waals surface area (Å²) in [4.78, 5) is 18.8. The summed E-state index contributed by atoms with van der Waals surface area (Å²) in [6.07, 6.45) is -3.28. The summed E-state index contributed by atoms with van der Waals surface area (Å²) in [5.41, 5.74) is 8.88. The van der Waals surface area contributed by atoms with Gasteiger partial charge < -0.3 is 21.1 Å². The van der Waals surface area contributed by atoms with E-state index in [0.717, 1.165) is 35.5 Å². The molecule has 212 valence electrons. The van der Waals surface area contributed by atoms with Crippen LogP contribution < -0.4 is 16.4 Å². The molecule has 0 aliphatic rings. The Morgan fingerprint density at radius 1 is 1.12 bits per heavy atom. The highest BCUT2D eigenvalue weighted by molar-refractivity contribution is 6.00. The fraction of sp³-hybridized carbons (Fsp3) is 0.296. The Morgan fingerprint density at radius 2 is 1.90 bits per heavy atom. The Hall–Kier alpha value is -4.23. The van der Waals surface area contributed by atoms with Crippen LogP contribution in [0.3, 0.4) is 0 Å². The van der Waals surface area contributed by atoms with Crippen molar-refractivity contribution >= 4 is 28.7 Å². The van der Waals surface area contributed by atoms with Crippen molar-refractivity contribution in [2.45, 2.75) is 26.6 Å². The SMILES string of the molecule is CCN(CCOC)Cc1cc(-c2ccc(NC(=O)Nc3cc(C(F)(F)F)ccc3F)cc2C)c2c(N)ncnn12. The van der Waals surface area contributed by atoms with Gasteiger partial charge in [0.25, 0.3) is 0 Å².